The highest BCUT2D eigenvalue weighted by Crippen LogP contribution is 2.06. The van der Waals surface area contributed by atoms with Crippen LogP contribution in [0.5, 0.6) is 0 Å². The summed E-state index contributed by atoms with van der Waals surface area (Å²) in [7, 11) is 0. The Hall–Kier alpha value is -1.10. The number of hydrogen-bond acceptors (Lipinski definition) is 3. The molecule has 1 heterocycles. The molecule has 1 atom stereocenters. The number of unbranched alkanes of at least 4 members (excludes halogenated alkanes) is 1. The van der Waals surface area contributed by atoms with Gasteiger partial charge in [0.15, 0.2) is 0 Å². The van der Waals surface area contributed by atoms with E-state index >= 15 is 0 Å². The van der Waals surface area contributed by atoms with E-state index in [1.54, 1.807) is 0 Å². The average Bonchev–Trinajstić information content (AvgIpc) is 2.69. The zero-order chi connectivity index (χ0) is 11.1. The zero-order valence-corrected chi connectivity index (χ0v) is 8.92. The summed E-state index contributed by atoms with van der Waals surface area (Å²) < 4.78 is 0. The van der Waals surface area contributed by atoms with Gasteiger partial charge in [0, 0.05) is 19.5 Å². The third kappa shape index (κ3) is 4.78. The number of nitrogens with two attached hydrogens (primary N) is 1. The summed E-state index contributed by atoms with van der Waals surface area (Å²) in [6, 6.07) is 0. The molecule has 1 rings (SSSR count). The van der Waals surface area contributed by atoms with Gasteiger partial charge in [0.05, 0.1) is 5.92 Å². The maximum atomic E-state index is 11.5. The summed E-state index contributed by atoms with van der Waals surface area (Å²) in [5.74, 6) is -0.0264. The second-order valence-electron chi connectivity index (χ2n) is 3.90. The second-order valence-corrected chi connectivity index (χ2v) is 3.90. The minimum atomic E-state index is -0.277. The molecular weight excluding hydrogens is 194 g/mol. The maximum Gasteiger partial charge on any atom is 0.224 e. The Labute approximate surface area is 89.8 Å². The largest absolute Gasteiger partial charge is 0.370 e. The monoisotopic (exact) mass is 213 g/mol. The molecule has 0 radical (unpaired) electrons. The lowest BCUT2D eigenvalue weighted by atomic mass is 10.1. The Morgan fingerprint density at radius 1 is 1.40 bits per heavy atom. The molecule has 0 bridgehead atoms. The number of carbonyl (C=O) groups excluding carboxylic acids is 2. The Balaban J connectivity index is 1.99. The fourth-order valence-corrected chi connectivity index (χ4v) is 1.66. The third-order valence-electron chi connectivity index (χ3n) is 2.58. The first kappa shape index (κ1) is 12.0. The van der Waals surface area contributed by atoms with Crippen molar-refractivity contribution in [3.05, 3.63) is 0 Å². The van der Waals surface area contributed by atoms with Gasteiger partial charge in [-0.15, -0.1) is 0 Å². The molecule has 1 aliphatic rings. The van der Waals surface area contributed by atoms with E-state index in [0.29, 0.717) is 13.0 Å². The SMILES string of the molecule is NC(=O)CCCCNC(=O)C1CCNC1. The number of primary amides is 1. The van der Waals surface area contributed by atoms with E-state index in [9.17, 15) is 9.59 Å². The molecule has 0 spiro atoms. The Kier molecular flexibility index (Phi) is 5.10. The Morgan fingerprint density at radius 2 is 2.20 bits per heavy atom. The lowest BCUT2D eigenvalue weighted by molar-refractivity contribution is -0.124. The molecular formula is C10H19N3O2. The van der Waals surface area contributed by atoms with E-state index in [-0.39, 0.29) is 17.7 Å². The summed E-state index contributed by atoms with van der Waals surface area (Å²) in [5, 5.41) is 6.02. The molecule has 0 aromatic carbocycles. The Morgan fingerprint density at radius 3 is 2.80 bits per heavy atom. The van der Waals surface area contributed by atoms with Gasteiger partial charge in [-0.25, -0.2) is 0 Å². The van der Waals surface area contributed by atoms with Gasteiger partial charge in [0.2, 0.25) is 11.8 Å². The average molecular weight is 213 g/mol. The number of rotatable bonds is 6. The normalized spacial score (nSPS) is 20.1. The molecule has 1 fully saturated rings. The van der Waals surface area contributed by atoms with Gasteiger partial charge in [-0.3, -0.25) is 9.59 Å². The van der Waals surface area contributed by atoms with Crippen LogP contribution in [0.2, 0.25) is 0 Å². The third-order valence-corrected chi connectivity index (χ3v) is 2.58. The first-order chi connectivity index (χ1) is 7.20. The van der Waals surface area contributed by atoms with Gasteiger partial charge >= 0.3 is 0 Å². The zero-order valence-electron chi connectivity index (χ0n) is 8.92. The number of amides is 2. The molecule has 1 unspecified atom stereocenters. The van der Waals surface area contributed by atoms with Crippen molar-refractivity contribution in [1.29, 1.82) is 0 Å². The van der Waals surface area contributed by atoms with Gasteiger partial charge < -0.3 is 16.4 Å². The van der Waals surface area contributed by atoms with Crippen molar-refractivity contribution in [3.63, 3.8) is 0 Å². The highest BCUT2D eigenvalue weighted by Gasteiger charge is 2.21. The fourth-order valence-electron chi connectivity index (χ4n) is 1.66. The van der Waals surface area contributed by atoms with Crippen LogP contribution in [0.25, 0.3) is 0 Å². The quantitative estimate of drug-likeness (QED) is 0.513. The molecule has 0 aromatic rings. The van der Waals surface area contributed by atoms with Crippen molar-refractivity contribution < 1.29 is 9.59 Å². The van der Waals surface area contributed by atoms with Crippen molar-refractivity contribution >= 4 is 11.8 Å². The van der Waals surface area contributed by atoms with Crippen molar-refractivity contribution in [2.45, 2.75) is 25.7 Å². The van der Waals surface area contributed by atoms with Crippen LogP contribution in [0, 0.1) is 5.92 Å². The van der Waals surface area contributed by atoms with Crippen LogP contribution < -0.4 is 16.4 Å². The van der Waals surface area contributed by atoms with Crippen molar-refractivity contribution in [2.24, 2.45) is 11.7 Å². The summed E-state index contributed by atoms with van der Waals surface area (Å²) in [5.41, 5.74) is 5.00. The van der Waals surface area contributed by atoms with Crippen LogP contribution in [0.15, 0.2) is 0 Å². The molecule has 5 nitrogen and oxygen atoms in total. The number of nitrogens with one attached hydrogen (secondary N) is 2. The highest BCUT2D eigenvalue weighted by molar-refractivity contribution is 5.79. The molecule has 15 heavy (non-hydrogen) atoms. The fraction of sp³-hybridized carbons (Fsp3) is 0.800. The lowest BCUT2D eigenvalue weighted by Gasteiger charge is -2.09. The van der Waals surface area contributed by atoms with Crippen molar-refractivity contribution in [2.75, 3.05) is 19.6 Å². The smallest absolute Gasteiger partial charge is 0.224 e. The maximum absolute atomic E-state index is 11.5. The predicted molar refractivity (Wildman–Crippen MR) is 57.0 cm³/mol. The lowest BCUT2D eigenvalue weighted by Crippen LogP contribution is -2.32. The highest BCUT2D eigenvalue weighted by atomic mass is 16.2. The van der Waals surface area contributed by atoms with Gasteiger partial charge in [-0.1, -0.05) is 0 Å². The second kappa shape index (κ2) is 6.40. The van der Waals surface area contributed by atoms with Gasteiger partial charge in [-0.05, 0) is 25.8 Å². The summed E-state index contributed by atoms with van der Waals surface area (Å²) in [6.45, 7) is 2.36. The first-order valence-electron chi connectivity index (χ1n) is 5.47. The molecule has 1 aliphatic heterocycles. The molecule has 0 aromatic heterocycles. The van der Waals surface area contributed by atoms with Crippen LogP contribution in [0.4, 0.5) is 0 Å². The predicted octanol–water partition coefficient (Wildman–Crippen LogP) is -0.632. The van der Waals surface area contributed by atoms with E-state index in [1.165, 1.54) is 0 Å². The van der Waals surface area contributed by atoms with E-state index in [2.05, 4.69) is 10.6 Å². The Bertz CT molecular complexity index is 225. The molecule has 1 saturated heterocycles. The molecule has 0 saturated carbocycles. The molecule has 2 amide bonds. The minimum absolute atomic E-state index is 0.124. The van der Waals surface area contributed by atoms with Gasteiger partial charge in [-0.2, -0.15) is 0 Å². The first-order valence-corrected chi connectivity index (χ1v) is 5.47. The van der Waals surface area contributed by atoms with E-state index in [0.717, 1.165) is 32.4 Å². The van der Waals surface area contributed by atoms with Crippen LogP contribution >= 0.6 is 0 Å². The standard InChI is InChI=1S/C10H19N3O2/c11-9(14)3-1-2-5-13-10(15)8-4-6-12-7-8/h8,12H,1-7H2,(H2,11,14)(H,13,15). The molecule has 5 heteroatoms. The van der Waals surface area contributed by atoms with Crippen LogP contribution in [-0.2, 0) is 9.59 Å². The molecule has 0 aliphatic carbocycles. The summed E-state index contributed by atoms with van der Waals surface area (Å²) in [6.07, 6.45) is 2.89. The van der Waals surface area contributed by atoms with Crippen LogP contribution in [0.3, 0.4) is 0 Å². The van der Waals surface area contributed by atoms with Crippen LogP contribution in [-0.4, -0.2) is 31.4 Å². The topological polar surface area (TPSA) is 84.2 Å². The van der Waals surface area contributed by atoms with E-state index < -0.39 is 0 Å². The van der Waals surface area contributed by atoms with Crippen molar-refractivity contribution in [3.8, 4) is 0 Å². The van der Waals surface area contributed by atoms with E-state index in [4.69, 9.17) is 5.73 Å². The van der Waals surface area contributed by atoms with Gasteiger partial charge in [0.25, 0.3) is 0 Å². The molecule has 86 valence electrons. The van der Waals surface area contributed by atoms with Crippen LogP contribution in [0.1, 0.15) is 25.7 Å². The summed E-state index contributed by atoms with van der Waals surface area (Å²) >= 11 is 0. The van der Waals surface area contributed by atoms with Crippen molar-refractivity contribution in [1.82, 2.24) is 10.6 Å². The number of hydrogen-bond donors (Lipinski definition) is 3. The van der Waals surface area contributed by atoms with Gasteiger partial charge in [0.1, 0.15) is 0 Å². The van der Waals surface area contributed by atoms with E-state index in [1.807, 2.05) is 0 Å². The minimum Gasteiger partial charge on any atom is -0.370 e. The molecule has 4 N–H and O–H groups in total. The summed E-state index contributed by atoms with van der Waals surface area (Å²) in [4.78, 5) is 21.9. The number of carbonyl (C=O) groups is 2.